The summed E-state index contributed by atoms with van der Waals surface area (Å²) in [5.74, 6) is 0.940. The average Bonchev–Trinajstić information content (AvgIpc) is 2.52. The predicted molar refractivity (Wildman–Crippen MR) is 89.1 cm³/mol. The maximum atomic E-state index is 5.36. The van der Waals surface area contributed by atoms with Crippen LogP contribution in [0.5, 0.6) is 5.75 Å². The van der Waals surface area contributed by atoms with E-state index in [1.54, 1.807) is 7.11 Å². The van der Waals surface area contributed by atoms with Crippen molar-refractivity contribution in [2.24, 2.45) is 0 Å². The smallest absolute Gasteiger partial charge is 0.121 e. The number of nitrogens with one attached hydrogen (secondary N) is 1. The minimum atomic E-state index is 0.227. The number of aryl methyl sites for hydroxylation is 2. The van der Waals surface area contributed by atoms with Gasteiger partial charge in [0.2, 0.25) is 0 Å². The van der Waals surface area contributed by atoms with E-state index in [9.17, 15) is 0 Å². The van der Waals surface area contributed by atoms with Crippen molar-refractivity contribution in [2.45, 2.75) is 33.2 Å². The molecule has 2 aromatic carbocycles. The van der Waals surface area contributed by atoms with Crippen LogP contribution >= 0.6 is 0 Å². The van der Waals surface area contributed by atoms with Gasteiger partial charge in [0.25, 0.3) is 0 Å². The van der Waals surface area contributed by atoms with Crippen LogP contribution < -0.4 is 10.1 Å². The lowest BCUT2D eigenvalue weighted by Crippen LogP contribution is -2.22. The lowest BCUT2D eigenvalue weighted by atomic mass is 9.96. The van der Waals surface area contributed by atoms with Crippen molar-refractivity contribution in [1.29, 1.82) is 0 Å². The molecule has 2 nitrogen and oxygen atoms in total. The SMILES string of the molecule is CCNC(c1ccc(CC)cc1)c1ccc(OC)c(C)c1. The summed E-state index contributed by atoms with van der Waals surface area (Å²) in [5, 5.41) is 3.58. The quantitative estimate of drug-likeness (QED) is 0.855. The van der Waals surface area contributed by atoms with Gasteiger partial charge in [0, 0.05) is 0 Å². The zero-order valence-corrected chi connectivity index (χ0v) is 13.4. The fourth-order valence-electron chi connectivity index (χ4n) is 2.66. The highest BCUT2D eigenvalue weighted by molar-refractivity contribution is 5.41. The molecule has 0 radical (unpaired) electrons. The van der Waals surface area contributed by atoms with E-state index < -0.39 is 0 Å². The Balaban J connectivity index is 2.35. The van der Waals surface area contributed by atoms with Crippen LogP contribution in [-0.4, -0.2) is 13.7 Å². The zero-order chi connectivity index (χ0) is 15.2. The maximum Gasteiger partial charge on any atom is 0.121 e. The number of hydrogen-bond acceptors (Lipinski definition) is 2. The highest BCUT2D eigenvalue weighted by Gasteiger charge is 2.14. The van der Waals surface area contributed by atoms with Crippen LogP contribution in [0.1, 0.15) is 42.1 Å². The molecular weight excluding hydrogens is 258 g/mol. The zero-order valence-electron chi connectivity index (χ0n) is 13.4. The van der Waals surface area contributed by atoms with Gasteiger partial charge < -0.3 is 10.1 Å². The van der Waals surface area contributed by atoms with Crippen molar-refractivity contribution in [1.82, 2.24) is 5.32 Å². The first-order valence-electron chi connectivity index (χ1n) is 7.66. The van der Waals surface area contributed by atoms with Gasteiger partial charge in [0.15, 0.2) is 0 Å². The molecule has 112 valence electrons. The largest absolute Gasteiger partial charge is 0.496 e. The lowest BCUT2D eigenvalue weighted by Gasteiger charge is -2.20. The Morgan fingerprint density at radius 3 is 2.19 bits per heavy atom. The van der Waals surface area contributed by atoms with Gasteiger partial charge in [0.05, 0.1) is 13.2 Å². The molecule has 21 heavy (non-hydrogen) atoms. The summed E-state index contributed by atoms with van der Waals surface area (Å²) in [6.45, 7) is 7.35. The third-order valence-electron chi connectivity index (χ3n) is 3.88. The second-order valence-electron chi connectivity index (χ2n) is 5.31. The van der Waals surface area contributed by atoms with Gasteiger partial charge in [-0.1, -0.05) is 50.2 Å². The standard InChI is InChI=1S/C19H25NO/c1-5-15-7-9-16(10-8-15)19(20-6-2)17-11-12-18(21-4)14(3)13-17/h7-13,19-20H,5-6H2,1-4H3. The van der Waals surface area contributed by atoms with E-state index in [0.717, 1.165) is 18.7 Å². The van der Waals surface area contributed by atoms with Gasteiger partial charge in [-0.25, -0.2) is 0 Å². The molecular formula is C19H25NO. The Hall–Kier alpha value is -1.80. The third-order valence-corrected chi connectivity index (χ3v) is 3.88. The number of methoxy groups -OCH3 is 1. The van der Waals surface area contributed by atoms with Crippen LogP contribution in [0.25, 0.3) is 0 Å². The van der Waals surface area contributed by atoms with Crippen molar-refractivity contribution >= 4 is 0 Å². The minimum Gasteiger partial charge on any atom is -0.496 e. The molecule has 0 saturated heterocycles. The monoisotopic (exact) mass is 283 g/mol. The topological polar surface area (TPSA) is 21.3 Å². The molecule has 0 aromatic heterocycles. The Bertz CT molecular complexity index is 575. The van der Waals surface area contributed by atoms with Crippen LogP contribution in [0.3, 0.4) is 0 Å². The second kappa shape index (κ2) is 7.28. The normalized spacial score (nSPS) is 12.2. The average molecular weight is 283 g/mol. The molecule has 0 amide bonds. The minimum absolute atomic E-state index is 0.227. The Morgan fingerprint density at radius 1 is 1.00 bits per heavy atom. The van der Waals surface area contributed by atoms with E-state index in [1.165, 1.54) is 22.3 Å². The van der Waals surface area contributed by atoms with Gasteiger partial charge in [-0.05, 0) is 48.2 Å². The molecule has 2 heteroatoms. The van der Waals surface area contributed by atoms with E-state index in [2.05, 4.69) is 68.6 Å². The molecule has 1 N–H and O–H groups in total. The fourth-order valence-corrected chi connectivity index (χ4v) is 2.66. The number of ether oxygens (including phenoxy) is 1. The van der Waals surface area contributed by atoms with E-state index >= 15 is 0 Å². The maximum absolute atomic E-state index is 5.36. The first-order valence-corrected chi connectivity index (χ1v) is 7.66. The molecule has 0 saturated carbocycles. The molecule has 0 fully saturated rings. The van der Waals surface area contributed by atoms with Gasteiger partial charge in [0.1, 0.15) is 5.75 Å². The molecule has 2 aromatic rings. The van der Waals surface area contributed by atoms with Crippen molar-refractivity contribution < 1.29 is 4.74 Å². The summed E-state index contributed by atoms with van der Waals surface area (Å²) >= 11 is 0. The summed E-state index contributed by atoms with van der Waals surface area (Å²) in [6, 6.07) is 15.5. The van der Waals surface area contributed by atoms with Gasteiger partial charge >= 0.3 is 0 Å². The molecule has 0 bridgehead atoms. The molecule has 0 aliphatic carbocycles. The van der Waals surface area contributed by atoms with E-state index in [4.69, 9.17) is 4.74 Å². The number of rotatable bonds is 6. The fraction of sp³-hybridized carbons (Fsp3) is 0.368. The van der Waals surface area contributed by atoms with Crippen LogP contribution in [0.2, 0.25) is 0 Å². The summed E-state index contributed by atoms with van der Waals surface area (Å²) in [7, 11) is 1.72. The first-order chi connectivity index (χ1) is 10.2. The van der Waals surface area contributed by atoms with Crippen LogP contribution in [-0.2, 0) is 6.42 Å². The van der Waals surface area contributed by atoms with Crippen LogP contribution in [0.4, 0.5) is 0 Å². The summed E-state index contributed by atoms with van der Waals surface area (Å²) in [4.78, 5) is 0. The first kappa shape index (κ1) is 15.6. The highest BCUT2D eigenvalue weighted by Crippen LogP contribution is 2.27. The van der Waals surface area contributed by atoms with Crippen molar-refractivity contribution in [3.05, 3.63) is 64.7 Å². The Labute approximate surface area is 128 Å². The Kier molecular flexibility index (Phi) is 5.40. The van der Waals surface area contributed by atoms with Crippen molar-refractivity contribution in [3.8, 4) is 5.75 Å². The van der Waals surface area contributed by atoms with Crippen molar-refractivity contribution in [2.75, 3.05) is 13.7 Å². The predicted octanol–water partition coefficient (Wildman–Crippen LogP) is 4.26. The molecule has 0 heterocycles. The molecule has 0 aliphatic rings. The van der Waals surface area contributed by atoms with Gasteiger partial charge in [-0.15, -0.1) is 0 Å². The number of hydrogen-bond donors (Lipinski definition) is 1. The molecule has 1 atom stereocenters. The summed E-state index contributed by atoms with van der Waals surface area (Å²) < 4.78 is 5.36. The van der Waals surface area contributed by atoms with Crippen molar-refractivity contribution in [3.63, 3.8) is 0 Å². The molecule has 0 aliphatic heterocycles. The Morgan fingerprint density at radius 2 is 1.67 bits per heavy atom. The number of benzene rings is 2. The van der Waals surface area contributed by atoms with E-state index in [1.807, 2.05) is 0 Å². The molecule has 0 spiro atoms. The molecule has 2 rings (SSSR count). The third kappa shape index (κ3) is 3.64. The van der Waals surface area contributed by atoms with Crippen LogP contribution in [0.15, 0.2) is 42.5 Å². The highest BCUT2D eigenvalue weighted by atomic mass is 16.5. The van der Waals surface area contributed by atoms with Gasteiger partial charge in [-0.3, -0.25) is 0 Å². The summed E-state index contributed by atoms with van der Waals surface area (Å²) in [6.07, 6.45) is 1.08. The lowest BCUT2D eigenvalue weighted by molar-refractivity contribution is 0.411. The van der Waals surface area contributed by atoms with Gasteiger partial charge in [-0.2, -0.15) is 0 Å². The van der Waals surface area contributed by atoms with Crippen LogP contribution in [0, 0.1) is 6.92 Å². The summed E-state index contributed by atoms with van der Waals surface area (Å²) in [5.41, 5.74) is 5.13. The molecule has 1 unspecified atom stereocenters. The second-order valence-corrected chi connectivity index (χ2v) is 5.31. The van der Waals surface area contributed by atoms with E-state index in [0.29, 0.717) is 0 Å². The van der Waals surface area contributed by atoms with E-state index in [-0.39, 0.29) is 6.04 Å².